The second kappa shape index (κ2) is 5.45. The molecule has 0 unspecified atom stereocenters. The molecule has 0 amide bonds. The molecule has 1 N–H and O–H groups in total. The molecular weight excluding hydrogens is 403 g/mol. The SMILES string of the molecule is Cc1ccc(S(=O)(=O)CO)cc1.[Ac]. The Morgan fingerprint density at radius 3 is 2.08 bits per heavy atom. The molecule has 0 fully saturated rings. The molecule has 0 aliphatic carbocycles. The molecule has 13 heavy (non-hydrogen) atoms. The summed E-state index contributed by atoms with van der Waals surface area (Å²) in [4.78, 5) is 0.163. The van der Waals surface area contributed by atoms with Crippen molar-refractivity contribution < 1.29 is 57.6 Å². The molecule has 0 atom stereocenters. The van der Waals surface area contributed by atoms with Gasteiger partial charge < -0.3 is 5.11 Å². The Hall–Kier alpha value is 0.572. The monoisotopic (exact) mass is 413 g/mol. The van der Waals surface area contributed by atoms with Gasteiger partial charge >= 0.3 is 0 Å². The molecule has 0 saturated carbocycles. The number of aliphatic hydroxyl groups is 1. The second-order valence-corrected chi connectivity index (χ2v) is 4.52. The number of sulfone groups is 1. The Morgan fingerprint density at radius 2 is 1.69 bits per heavy atom. The summed E-state index contributed by atoms with van der Waals surface area (Å²) in [5.74, 6) is -0.837. The van der Waals surface area contributed by atoms with Crippen LogP contribution in [0, 0.1) is 51.0 Å². The summed E-state index contributed by atoms with van der Waals surface area (Å²) in [7, 11) is -3.46. The fraction of sp³-hybridized carbons (Fsp3) is 0.250. The third-order valence-electron chi connectivity index (χ3n) is 1.55. The van der Waals surface area contributed by atoms with E-state index in [4.69, 9.17) is 5.11 Å². The van der Waals surface area contributed by atoms with E-state index >= 15 is 0 Å². The summed E-state index contributed by atoms with van der Waals surface area (Å²) in [6.45, 7) is 1.87. The maximum atomic E-state index is 11.1. The molecule has 0 heterocycles. The number of benzene rings is 1. The first-order chi connectivity index (χ1) is 5.56. The van der Waals surface area contributed by atoms with E-state index in [-0.39, 0.29) is 49.0 Å². The second-order valence-electron chi connectivity index (χ2n) is 2.56. The molecule has 0 aliphatic rings. The van der Waals surface area contributed by atoms with Crippen LogP contribution in [0.2, 0.25) is 0 Å². The third-order valence-corrected chi connectivity index (χ3v) is 2.88. The Morgan fingerprint density at radius 1 is 1.23 bits per heavy atom. The van der Waals surface area contributed by atoms with E-state index < -0.39 is 15.8 Å². The summed E-state index contributed by atoms with van der Waals surface area (Å²) in [5.41, 5.74) is 0.992. The minimum absolute atomic E-state index is 0. The van der Waals surface area contributed by atoms with Crippen molar-refractivity contribution in [3.63, 3.8) is 0 Å². The smallest absolute Gasteiger partial charge is 0.202 e. The van der Waals surface area contributed by atoms with Gasteiger partial charge in [0.1, 0.15) is 5.94 Å². The quantitative estimate of drug-likeness (QED) is 0.778. The van der Waals surface area contributed by atoms with Crippen molar-refractivity contribution in [1.29, 1.82) is 0 Å². The zero-order chi connectivity index (χ0) is 9.19. The van der Waals surface area contributed by atoms with Crippen molar-refractivity contribution in [2.45, 2.75) is 11.8 Å². The van der Waals surface area contributed by atoms with E-state index in [2.05, 4.69) is 0 Å². The van der Waals surface area contributed by atoms with Gasteiger partial charge in [-0.25, -0.2) is 8.42 Å². The van der Waals surface area contributed by atoms with E-state index in [9.17, 15) is 8.42 Å². The zero-order valence-electron chi connectivity index (χ0n) is 7.27. The first-order valence-corrected chi connectivity index (χ1v) is 5.12. The predicted molar refractivity (Wildman–Crippen MR) is 45.5 cm³/mol. The molecule has 0 saturated heterocycles. The van der Waals surface area contributed by atoms with Crippen molar-refractivity contribution in [2.24, 2.45) is 0 Å². The maximum absolute atomic E-state index is 11.1. The van der Waals surface area contributed by atoms with Crippen LogP contribution in [0.5, 0.6) is 0 Å². The average molecular weight is 413 g/mol. The summed E-state index contributed by atoms with van der Waals surface area (Å²) in [6.07, 6.45) is 0. The van der Waals surface area contributed by atoms with Gasteiger partial charge in [0, 0.05) is 44.1 Å². The van der Waals surface area contributed by atoms with Gasteiger partial charge in [-0.2, -0.15) is 0 Å². The molecule has 1 aromatic carbocycles. The molecule has 0 aliphatic heterocycles. The molecule has 0 aromatic heterocycles. The Balaban J connectivity index is 0.00000144. The third kappa shape index (κ3) is 3.67. The van der Waals surface area contributed by atoms with Crippen molar-refractivity contribution in [1.82, 2.24) is 0 Å². The normalized spacial score (nSPS) is 10.6. The van der Waals surface area contributed by atoms with Crippen LogP contribution in [0.25, 0.3) is 0 Å². The number of aliphatic hydroxyl groups excluding tert-OH is 1. The molecule has 0 bridgehead atoms. The van der Waals surface area contributed by atoms with Crippen molar-refractivity contribution in [2.75, 3.05) is 5.94 Å². The van der Waals surface area contributed by atoms with Crippen LogP contribution in [-0.2, 0) is 9.84 Å². The topological polar surface area (TPSA) is 54.4 Å². The summed E-state index contributed by atoms with van der Waals surface area (Å²) in [6, 6.07) is 6.37. The number of hydrogen-bond donors (Lipinski definition) is 1. The van der Waals surface area contributed by atoms with Crippen molar-refractivity contribution in [3.05, 3.63) is 29.8 Å². The first-order valence-electron chi connectivity index (χ1n) is 3.46. The zero-order valence-corrected chi connectivity index (χ0v) is 12.8. The average Bonchev–Trinajstić information content (AvgIpc) is 2.05. The molecule has 1 aromatic rings. The molecular formula is C8H10AcO3S. The Bertz CT molecular complexity index is 355. The van der Waals surface area contributed by atoms with Crippen molar-refractivity contribution in [3.8, 4) is 0 Å². The minimum Gasteiger partial charge on any atom is -0.380 e. The predicted octanol–water partition coefficient (Wildman–Crippen LogP) is 0.719. The maximum Gasteiger partial charge on any atom is 0.202 e. The largest absolute Gasteiger partial charge is 0.380 e. The van der Waals surface area contributed by atoms with Gasteiger partial charge in [-0.3, -0.25) is 0 Å². The molecule has 5 heteroatoms. The van der Waals surface area contributed by atoms with E-state index in [1.807, 2.05) is 6.92 Å². The van der Waals surface area contributed by atoms with E-state index in [1.54, 1.807) is 12.1 Å². The summed E-state index contributed by atoms with van der Waals surface area (Å²) >= 11 is 0. The summed E-state index contributed by atoms with van der Waals surface area (Å²) in [5, 5.41) is 8.53. The standard InChI is InChI=1S/C8H10O3S.Ac/c1-7-2-4-8(5-3-7)12(10,11)6-9;/h2-5,9H,6H2,1H3;. The molecule has 3 nitrogen and oxygen atoms in total. The van der Waals surface area contributed by atoms with Crippen LogP contribution in [0.1, 0.15) is 5.56 Å². The van der Waals surface area contributed by atoms with Crippen LogP contribution in [0.3, 0.4) is 0 Å². The van der Waals surface area contributed by atoms with Gasteiger partial charge in [0.25, 0.3) is 0 Å². The van der Waals surface area contributed by atoms with E-state index in [0.717, 1.165) is 5.56 Å². The first kappa shape index (κ1) is 13.6. The van der Waals surface area contributed by atoms with Gasteiger partial charge in [-0.15, -0.1) is 0 Å². The van der Waals surface area contributed by atoms with Crippen LogP contribution < -0.4 is 0 Å². The van der Waals surface area contributed by atoms with Gasteiger partial charge in [0.2, 0.25) is 9.84 Å². The van der Waals surface area contributed by atoms with Crippen LogP contribution in [0.4, 0.5) is 0 Å². The minimum atomic E-state index is -3.46. The number of aryl methyl sites for hydroxylation is 1. The molecule has 1 radical (unpaired) electrons. The van der Waals surface area contributed by atoms with E-state index in [1.165, 1.54) is 12.1 Å². The molecule has 0 spiro atoms. The fourth-order valence-electron chi connectivity index (χ4n) is 0.820. The van der Waals surface area contributed by atoms with Gasteiger partial charge in [-0.05, 0) is 19.1 Å². The molecule has 1 rings (SSSR count). The van der Waals surface area contributed by atoms with Crippen LogP contribution in [-0.4, -0.2) is 19.5 Å². The van der Waals surface area contributed by atoms with E-state index in [0.29, 0.717) is 0 Å². The van der Waals surface area contributed by atoms with Gasteiger partial charge in [0.15, 0.2) is 0 Å². The molecule has 69 valence electrons. The van der Waals surface area contributed by atoms with Gasteiger partial charge in [0.05, 0.1) is 4.90 Å². The Labute approximate surface area is 114 Å². The van der Waals surface area contributed by atoms with Crippen LogP contribution in [0.15, 0.2) is 29.2 Å². The fourth-order valence-corrected chi connectivity index (χ4v) is 1.52. The summed E-state index contributed by atoms with van der Waals surface area (Å²) < 4.78 is 22.1. The van der Waals surface area contributed by atoms with Crippen LogP contribution >= 0.6 is 0 Å². The van der Waals surface area contributed by atoms with Crippen molar-refractivity contribution >= 4 is 9.84 Å². The number of hydrogen-bond acceptors (Lipinski definition) is 3. The van der Waals surface area contributed by atoms with Gasteiger partial charge in [-0.1, -0.05) is 17.7 Å². The number of rotatable bonds is 2. The Kier molecular flexibility index (Phi) is 5.69.